The van der Waals surface area contributed by atoms with E-state index >= 15 is 0 Å². The summed E-state index contributed by atoms with van der Waals surface area (Å²) in [7, 11) is 1.57. The van der Waals surface area contributed by atoms with Crippen molar-refractivity contribution in [3.63, 3.8) is 0 Å². The molecule has 7 heteroatoms. The number of hydrogen-bond acceptors (Lipinski definition) is 5. The van der Waals surface area contributed by atoms with Crippen LogP contribution in [0.4, 0.5) is 0 Å². The van der Waals surface area contributed by atoms with Crippen LogP contribution in [0, 0.1) is 0 Å². The van der Waals surface area contributed by atoms with Gasteiger partial charge in [0.2, 0.25) is 11.0 Å². The fourth-order valence-corrected chi connectivity index (χ4v) is 2.66. The number of phenols is 1. The van der Waals surface area contributed by atoms with Gasteiger partial charge < -0.3 is 21.5 Å². The molecule has 0 spiro atoms. The third-order valence-corrected chi connectivity index (χ3v) is 4.04. The smallest absolute Gasteiger partial charge is 0.240 e. The number of rotatable bonds is 9. The van der Waals surface area contributed by atoms with Gasteiger partial charge in [-0.15, -0.1) is 12.6 Å². The Labute approximate surface area is 142 Å². The van der Waals surface area contributed by atoms with Crippen LogP contribution in [0.1, 0.15) is 24.8 Å². The molecule has 0 heterocycles. The SMILES string of the molecule is CN(C(=O)[C@@H](N)Cc1ccc(O)cc1)[C@@H](CCCCN)C(=O)S. The lowest BCUT2D eigenvalue weighted by Gasteiger charge is -2.28. The molecule has 1 rings (SSSR count). The van der Waals surface area contributed by atoms with Crippen molar-refractivity contribution in [1.29, 1.82) is 0 Å². The molecule has 6 nitrogen and oxygen atoms in total. The number of unbranched alkanes of at least 4 members (excludes halogenated alkanes) is 1. The average Bonchev–Trinajstić information content (AvgIpc) is 2.52. The Balaban J connectivity index is 2.67. The van der Waals surface area contributed by atoms with Crippen LogP contribution in [0.15, 0.2) is 24.3 Å². The molecule has 1 aromatic carbocycles. The van der Waals surface area contributed by atoms with Gasteiger partial charge in [-0.05, 0) is 49.9 Å². The van der Waals surface area contributed by atoms with Crippen LogP contribution in [-0.4, -0.2) is 46.7 Å². The third-order valence-electron chi connectivity index (χ3n) is 3.74. The monoisotopic (exact) mass is 339 g/mol. The predicted octanol–water partition coefficient (Wildman–Crippen LogP) is 0.674. The van der Waals surface area contributed by atoms with Crippen molar-refractivity contribution in [3.05, 3.63) is 29.8 Å². The maximum atomic E-state index is 12.4. The molecular formula is C16H25N3O3S. The fraction of sp³-hybridized carbons (Fsp3) is 0.500. The summed E-state index contributed by atoms with van der Waals surface area (Å²) < 4.78 is 0. The number of amides is 1. The van der Waals surface area contributed by atoms with Crippen LogP contribution < -0.4 is 11.5 Å². The Morgan fingerprint density at radius 1 is 1.26 bits per heavy atom. The van der Waals surface area contributed by atoms with E-state index in [1.165, 1.54) is 4.90 Å². The van der Waals surface area contributed by atoms with E-state index in [4.69, 9.17) is 11.5 Å². The lowest BCUT2D eigenvalue weighted by molar-refractivity contribution is -0.136. The van der Waals surface area contributed by atoms with Gasteiger partial charge in [-0.3, -0.25) is 9.59 Å². The standard InChI is InChI=1S/C16H25N3O3S/c1-19(14(16(22)23)4-2-3-9-17)15(21)13(18)10-11-5-7-12(20)8-6-11/h5-8,13-14,20H,2-4,9-10,17-18H2,1H3,(H,22,23)/t13-,14-/m0/s1. The number of benzene rings is 1. The number of aromatic hydroxyl groups is 1. The van der Waals surface area contributed by atoms with E-state index in [0.717, 1.165) is 18.4 Å². The summed E-state index contributed by atoms with van der Waals surface area (Å²) in [6.07, 6.45) is 2.39. The summed E-state index contributed by atoms with van der Waals surface area (Å²) in [5.74, 6) is -0.148. The van der Waals surface area contributed by atoms with Crippen molar-refractivity contribution in [2.75, 3.05) is 13.6 Å². The molecule has 2 atom stereocenters. The number of nitrogens with zero attached hydrogens (tertiary/aromatic N) is 1. The average molecular weight is 339 g/mol. The van der Waals surface area contributed by atoms with Gasteiger partial charge in [0, 0.05) is 7.05 Å². The molecule has 0 aromatic heterocycles. The second-order valence-electron chi connectivity index (χ2n) is 5.56. The zero-order chi connectivity index (χ0) is 17.4. The minimum absolute atomic E-state index is 0.159. The Kier molecular flexibility index (Phi) is 8.08. The number of thiol groups is 1. The van der Waals surface area contributed by atoms with Gasteiger partial charge in [0.15, 0.2) is 0 Å². The van der Waals surface area contributed by atoms with Gasteiger partial charge in [-0.2, -0.15) is 0 Å². The van der Waals surface area contributed by atoms with E-state index in [0.29, 0.717) is 19.4 Å². The van der Waals surface area contributed by atoms with E-state index in [2.05, 4.69) is 12.6 Å². The molecule has 0 aliphatic carbocycles. The van der Waals surface area contributed by atoms with Gasteiger partial charge in [0.1, 0.15) is 11.8 Å². The lowest BCUT2D eigenvalue weighted by atomic mass is 10.0. The van der Waals surface area contributed by atoms with Crippen LogP contribution >= 0.6 is 12.6 Å². The molecule has 0 bridgehead atoms. The normalized spacial score (nSPS) is 13.4. The van der Waals surface area contributed by atoms with Crippen molar-refractivity contribution in [3.8, 4) is 5.75 Å². The Bertz CT molecular complexity index is 522. The Morgan fingerprint density at radius 2 is 1.87 bits per heavy atom. The largest absolute Gasteiger partial charge is 0.508 e. The number of likely N-dealkylation sites (N-methyl/N-ethyl adjacent to an activating group) is 1. The van der Waals surface area contributed by atoms with Crippen LogP contribution in [0.2, 0.25) is 0 Å². The molecule has 0 fully saturated rings. The second-order valence-corrected chi connectivity index (χ2v) is 6.01. The second kappa shape index (κ2) is 9.54. The first kappa shape index (κ1) is 19.5. The summed E-state index contributed by atoms with van der Waals surface area (Å²) in [6.45, 7) is 0.547. The molecule has 0 saturated carbocycles. The summed E-state index contributed by atoms with van der Waals surface area (Å²) in [5.41, 5.74) is 12.3. The van der Waals surface area contributed by atoms with Crippen molar-refractivity contribution >= 4 is 23.7 Å². The van der Waals surface area contributed by atoms with Gasteiger partial charge >= 0.3 is 0 Å². The number of hydrogen-bond donors (Lipinski definition) is 4. The third kappa shape index (κ3) is 6.21. The molecule has 0 aliphatic heterocycles. The molecule has 128 valence electrons. The zero-order valence-corrected chi connectivity index (χ0v) is 14.2. The Morgan fingerprint density at radius 3 is 2.39 bits per heavy atom. The molecule has 0 saturated heterocycles. The summed E-state index contributed by atoms with van der Waals surface area (Å²) in [6, 6.07) is 5.17. The molecular weight excluding hydrogens is 314 g/mol. The lowest BCUT2D eigenvalue weighted by Crippen LogP contribution is -2.49. The van der Waals surface area contributed by atoms with Gasteiger partial charge in [0.25, 0.3) is 0 Å². The molecule has 1 amide bonds. The van der Waals surface area contributed by atoms with Gasteiger partial charge in [0.05, 0.1) is 6.04 Å². The minimum atomic E-state index is -0.755. The summed E-state index contributed by atoms with van der Waals surface area (Å²) >= 11 is 3.88. The van der Waals surface area contributed by atoms with Crippen LogP contribution in [-0.2, 0) is 16.0 Å². The van der Waals surface area contributed by atoms with E-state index in [-0.39, 0.29) is 16.8 Å². The molecule has 0 radical (unpaired) electrons. The first-order valence-electron chi connectivity index (χ1n) is 7.59. The fourth-order valence-electron chi connectivity index (χ4n) is 2.35. The summed E-state index contributed by atoms with van der Waals surface area (Å²) in [4.78, 5) is 25.5. The van der Waals surface area contributed by atoms with Gasteiger partial charge in [-0.25, -0.2) is 0 Å². The van der Waals surface area contributed by atoms with Gasteiger partial charge in [-0.1, -0.05) is 12.1 Å². The van der Waals surface area contributed by atoms with E-state index in [1.54, 1.807) is 31.3 Å². The molecule has 23 heavy (non-hydrogen) atoms. The zero-order valence-electron chi connectivity index (χ0n) is 13.3. The molecule has 0 unspecified atom stereocenters. The first-order valence-corrected chi connectivity index (χ1v) is 8.04. The van der Waals surface area contributed by atoms with Crippen molar-refractivity contribution in [1.82, 2.24) is 4.90 Å². The highest BCUT2D eigenvalue weighted by Gasteiger charge is 2.27. The molecule has 0 aliphatic rings. The summed E-state index contributed by atoms with van der Waals surface area (Å²) in [5, 5.41) is 8.91. The highest BCUT2D eigenvalue weighted by Crippen LogP contribution is 2.14. The first-order chi connectivity index (χ1) is 10.9. The number of nitrogens with two attached hydrogens (primary N) is 2. The van der Waals surface area contributed by atoms with Crippen LogP contribution in [0.3, 0.4) is 0 Å². The number of carbonyl (C=O) groups excluding carboxylic acids is 2. The highest BCUT2D eigenvalue weighted by atomic mass is 32.1. The van der Waals surface area contributed by atoms with E-state index in [1.807, 2.05) is 0 Å². The van der Waals surface area contributed by atoms with Crippen molar-refractivity contribution in [2.45, 2.75) is 37.8 Å². The van der Waals surface area contributed by atoms with E-state index < -0.39 is 12.1 Å². The van der Waals surface area contributed by atoms with Crippen LogP contribution in [0.25, 0.3) is 0 Å². The number of carbonyl (C=O) groups is 2. The molecule has 1 aromatic rings. The molecule has 5 N–H and O–H groups in total. The number of phenolic OH excluding ortho intramolecular Hbond substituents is 1. The topological polar surface area (TPSA) is 110 Å². The maximum Gasteiger partial charge on any atom is 0.240 e. The quantitative estimate of drug-likeness (QED) is 0.391. The van der Waals surface area contributed by atoms with Crippen molar-refractivity contribution in [2.24, 2.45) is 11.5 Å². The van der Waals surface area contributed by atoms with E-state index in [9.17, 15) is 14.7 Å². The Hall–Kier alpha value is -1.57. The minimum Gasteiger partial charge on any atom is -0.508 e. The van der Waals surface area contributed by atoms with Crippen LogP contribution in [0.5, 0.6) is 5.75 Å². The van der Waals surface area contributed by atoms with Crippen molar-refractivity contribution < 1.29 is 14.7 Å². The predicted molar refractivity (Wildman–Crippen MR) is 93.2 cm³/mol. The highest BCUT2D eigenvalue weighted by molar-refractivity contribution is 7.96. The maximum absolute atomic E-state index is 12.4.